The van der Waals surface area contributed by atoms with Crippen molar-refractivity contribution < 1.29 is 26.4 Å². The van der Waals surface area contributed by atoms with E-state index in [2.05, 4.69) is 18.6 Å². The molecule has 1 amide bonds. The number of nitrogens with one attached hydrogen (secondary N) is 1. The van der Waals surface area contributed by atoms with Crippen LogP contribution < -0.4 is 4.72 Å². The Morgan fingerprint density at radius 1 is 1.03 bits per heavy atom. The number of carbonyl (C=O) groups is 1. The Bertz CT molecular complexity index is 862. The van der Waals surface area contributed by atoms with E-state index in [0.717, 1.165) is 44.1 Å². The summed E-state index contributed by atoms with van der Waals surface area (Å²) in [7, 11) is -6.74. The van der Waals surface area contributed by atoms with Crippen LogP contribution in [0, 0.1) is 17.8 Å². The highest BCUT2D eigenvalue weighted by Gasteiger charge is 2.44. The van der Waals surface area contributed by atoms with Crippen molar-refractivity contribution >= 4 is 26.0 Å². The van der Waals surface area contributed by atoms with Crippen molar-refractivity contribution in [2.24, 2.45) is 17.8 Å². The van der Waals surface area contributed by atoms with Gasteiger partial charge in [-0.25, -0.2) is 25.9 Å². The lowest BCUT2D eigenvalue weighted by molar-refractivity contribution is -0.146. The second-order valence-corrected chi connectivity index (χ2v) is 13.9. The Morgan fingerprint density at radius 3 is 2.19 bits per heavy atom. The molecule has 0 aromatic carbocycles. The van der Waals surface area contributed by atoms with Gasteiger partial charge < -0.3 is 9.64 Å². The van der Waals surface area contributed by atoms with Crippen molar-refractivity contribution in [2.75, 3.05) is 38.8 Å². The minimum absolute atomic E-state index is 0.109. The Hall–Kier alpha value is -0.750. The summed E-state index contributed by atoms with van der Waals surface area (Å²) >= 11 is 0. The van der Waals surface area contributed by atoms with Crippen molar-refractivity contribution in [1.82, 2.24) is 13.9 Å². The number of hydrogen-bond donors (Lipinski definition) is 1. The number of likely N-dealkylation sites (tertiary alicyclic amines) is 1. The molecule has 2 saturated heterocycles. The maximum absolute atomic E-state index is 13.2. The first kappa shape index (κ1) is 25.9. The van der Waals surface area contributed by atoms with Gasteiger partial charge in [0.05, 0.1) is 37.2 Å². The molecule has 0 radical (unpaired) electrons. The van der Waals surface area contributed by atoms with Crippen LogP contribution in [0.15, 0.2) is 0 Å². The Kier molecular flexibility index (Phi) is 8.28. The van der Waals surface area contributed by atoms with E-state index in [9.17, 15) is 21.6 Å². The molecule has 11 heteroatoms. The van der Waals surface area contributed by atoms with E-state index >= 15 is 0 Å². The second-order valence-electron chi connectivity index (χ2n) is 10.1. The first-order chi connectivity index (χ1) is 14.8. The SMILES string of the molecule is CC(C)C1CCC(OC[C@H]2[C@@H](NS(C)(=O)=O)CCCN2C(=O)C2CN(S(C)(=O)=O)C2)CC1. The molecule has 1 aliphatic carbocycles. The maximum Gasteiger partial charge on any atom is 0.228 e. The number of ether oxygens (including phenoxy) is 1. The van der Waals surface area contributed by atoms with Crippen molar-refractivity contribution in [3.63, 3.8) is 0 Å². The molecule has 186 valence electrons. The second kappa shape index (κ2) is 10.2. The molecule has 3 aliphatic rings. The molecule has 1 N–H and O–H groups in total. The van der Waals surface area contributed by atoms with Crippen LogP contribution in [0.4, 0.5) is 0 Å². The van der Waals surface area contributed by atoms with Crippen LogP contribution in [-0.2, 0) is 29.6 Å². The molecular formula is C21H39N3O6S2. The zero-order chi connectivity index (χ0) is 23.7. The minimum atomic E-state index is -3.44. The first-order valence-electron chi connectivity index (χ1n) is 11.7. The number of rotatable bonds is 8. The number of amides is 1. The van der Waals surface area contributed by atoms with Crippen LogP contribution in [0.5, 0.6) is 0 Å². The maximum atomic E-state index is 13.2. The van der Waals surface area contributed by atoms with Gasteiger partial charge in [0.25, 0.3) is 0 Å². The lowest BCUT2D eigenvalue weighted by atomic mass is 9.80. The fourth-order valence-corrected chi connectivity index (χ4v) is 6.93. The lowest BCUT2D eigenvalue weighted by Crippen LogP contribution is -2.63. The summed E-state index contributed by atoms with van der Waals surface area (Å²) in [5.74, 6) is 0.895. The summed E-state index contributed by atoms with van der Waals surface area (Å²) in [5, 5.41) is 0. The van der Waals surface area contributed by atoms with E-state index in [-0.39, 0.29) is 37.1 Å². The molecule has 3 rings (SSSR count). The number of hydrogen-bond acceptors (Lipinski definition) is 6. The fraction of sp³-hybridized carbons (Fsp3) is 0.952. The molecule has 2 heterocycles. The third-order valence-electron chi connectivity index (χ3n) is 7.26. The zero-order valence-electron chi connectivity index (χ0n) is 19.7. The predicted octanol–water partition coefficient (Wildman–Crippen LogP) is 1.02. The smallest absolute Gasteiger partial charge is 0.228 e. The lowest BCUT2D eigenvalue weighted by Gasteiger charge is -2.46. The molecule has 0 spiro atoms. The molecule has 0 bridgehead atoms. The molecule has 2 aliphatic heterocycles. The van der Waals surface area contributed by atoms with Gasteiger partial charge in [0.15, 0.2) is 0 Å². The summed E-state index contributed by atoms with van der Waals surface area (Å²) in [6, 6.07) is -0.790. The van der Waals surface area contributed by atoms with E-state index in [0.29, 0.717) is 31.9 Å². The van der Waals surface area contributed by atoms with Gasteiger partial charge in [0, 0.05) is 25.7 Å². The van der Waals surface area contributed by atoms with Gasteiger partial charge in [-0.05, 0) is 50.4 Å². The van der Waals surface area contributed by atoms with Crippen LogP contribution in [-0.4, -0.2) is 88.9 Å². The number of piperidine rings is 1. The highest BCUT2D eigenvalue weighted by Crippen LogP contribution is 2.32. The largest absolute Gasteiger partial charge is 0.376 e. The number of sulfonamides is 2. The molecule has 9 nitrogen and oxygen atoms in total. The Morgan fingerprint density at radius 2 is 1.66 bits per heavy atom. The monoisotopic (exact) mass is 493 g/mol. The van der Waals surface area contributed by atoms with E-state index in [1.165, 1.54) is 4.31 Å². The van der Waals surface area contributed by atoms with E-state index < -0.39 is 26.1 Å². The highest BCUT2D eigenvalue weighted by molar-refractivity contribution is 7.88. The molecule has 3 fully saturated rings. The minimum Gasteiger partial charge on any atom is -0.376 e. The summed E-state index contributed by atoms with van der Waals surface area (Å²) < 4.78 is 57.5. The molecule has 1 saturated carbocycles. The summed E-state index contributed by atoms with van der Waals surface area (Å²) in [5.41, 5.74) is 0. The van der Waals surface area contributed by atoms with Crippen molar-refractivity contribution in [1.29, 1.82) is 0 Å². The van der Waals surface area contributed by atoms with Crippen molar-refractivity contribution in [3.8, 4) is 0 Å². The van der Waals surface area contributed by atoms with Crippen molar-refractivity contribution in [2.45, 2.75) is 70.6 Å². The van der Waals surface area contributed by atoms with Crippen molar-refractivity contribution in [3.05, 3.63) is 0 Å². The van der Waals surface area contributed by atoms with Gasteiger partial charge in [0.1, 0.15) is 0 Å². The average molecular weight is 494 g/mol. The molecule has 0 aromatic heterocycles. The molecule has 0 aromatic rings. The topological polar surface area (TPSA) is 113 Å². The highest BCUT2D eigenvalue weighted by atomic mass is 32.2. The average Bonchev–Trinajstić information content (AvgIpc) is 2.63. The van der Waals surface area contributed by atoms with Gasteiger partial charge in [-0.2, -0.15) is 0 Å². The van der Waals surface area contributed by atoms with Gasteiger partial charge in [0.2, 0.25) is 26.0 Å². The molecule has 32 heavy (non-hydrogen) atoms. The van der Waals surface area contributed by atoms with Crippen LogP contribution in [0.3, 0.4) is 0 Å². The van der Waals surface area contributed by atoms with Crippen LogP contribution in [0.2, 0.25) is 0 Å². The molecular weight excluding hydrogens is 454 g/mol. The van der Waals surface area contributed by atoms with Crippen LogP contribution >= 0.6 is 0 Å². The third kappa shape index (κ3) is 6.65. The zero-order valence-corrected chi connectivity index (χ0v) is 21.3. The van der Waals surface area contributed by atoms with Crippen LogP contribution in [0.1, 0.15) is 52.4 Å². The number of nitrogens with zero attached hydrogens (tertiary/aromatic N) is 2. The van der Waals surface area contributed by atoms with E-state index in [1.807, 2.05) is 0 Å². The third-order valence-corrected chi connectivity index (χ3v) is 9.23. The standard InChI is InChI=1S/C21H39N3O6S2/c1-15(2)16-7-9-18(10-8-16)30-14-20-19(22-31(3,26)27)6-5-11-24(20)21(25)17-12-23(13-17)32(4,28)29/h15-20,22H,5-14H2,1-4H3/t16?,18?,19-,20-/m0/s1. The Labute approximate surface area is 193 Å². The summed E-state index contributed by atoms with van der Waals surface area (Å²) in [6.45, 7) is 5.70. The van der Waals surface area contributed by atoms with Gasteiger partial charge in [-0.15, -0.1) is 0 Å². The Balaban J connectivity index is 1.65. The normalized spacial score (nSPS) is 31.0. The van der Waals surface area contributed by atoms with E-state index in [1.54, 1.807) is 4.90 Å². The van der Waals surface area contributed by atoms with Gasteiger partial charge >= 0.3 is 0 Å². The van der Waals surface area contributed by atoms with E-state index in [4.69, 9.17) is 4.74 Å². The predicted molar refractivity (Wildman–Crippen MR) is 123 cm³/mol. The first-order valence-corrected chi connectivity index (χ1v) is 15.4. The molecule has 0 unspecified atom stereocenters. The quantitative estimate of drug-likeness (QED) is 0.540. The summed E-state index contributed by atoms with van der Waals surface area (Å²) in [4.78, 5) is 14.9. The summed E-state index contributed by atoms with van der Waals surface area (Å²) in [6.07, 6.45) is 7.97. The van der Waals surface area contributed by atoms with Crippen LogP contribution in [0.25, 0.3) is 0 Å². The fourth-order valence-electron chi connectivity index (χ4n) is 5.21. The molecule has 2 atom stereocenters. The van der Waals surface area contributed by atoms with Gasteiger partial charge in [-0.1, -0.05) is 13.8 Å². The van der Waals surface area contributed by atoms with Gasteiger partial charge in [-0.3, -0.25) is 4.79 Å². The number of carbonyl (C=O) groups excluding carboxylic acids is 1.